The topological polar surface area (TPSA) is 69.0 Å². The van der Waals surface area contributed by atoms with Crippen molar-refractivity contribution in [3.8, 4) is 5.75 Å². The molecule has 1 aliphatic carbocycles. The Kier molecular flexibility index (Phi) is 4.85. The van der Waals surface area contributed by atoms with E-state index in [1.54, 1.807) is 7.11 Å². The molecule has 0 saturated carbocycles. The van der Waals surface area contributed by atoms with Crippen molar-refractivity contribution >= 4 is 11.7 Å². The molecule has 3 atom stereocenters. The molecule has 2 heterocycles. The van der Waals surface area contributed by atoms with Crippen molar-refractivity contribution in [3.05, 3.63) is 83.3 Å². The maximum absolute atomic E-state index is 13.5. The van der Waals surface area contributed by atoms with Gasteiger partial charge >= 0.3 is 0 Å². The largest absolute Gasteiger partial charge is 0.497 e. The molecular weight excluding hydrogens is 388 g/mol. The van der Waals surface area contributed by atoms with Gasteiger partial charge in [-0.15, -0.1) is 0 Å². The number of aromatic nitrogens is 3. The first-order valence-electron chi connectivity index (χ1n) is 10.7. The van der Waals surface area contributed by atoms with E-state index in [1.165, 1.54) is 17.5 Å². The Hall–Kier alpha value is -3.41. The molecule has 158 valence electrons. The van der Waals surface area contributed by atoms with Gasteiger partial charge in [0.1, 0.15) is 17.9 Å². The Labute approximate surface area is 182 Å². The highest BCUT2D eigenvalue weighted by molar-refractivity contribution is 5.88. The summed E-state index contributed by atoms with van der Waals surface area (Å²) in [7, 11) is 1.65. The molecule has 0 bridgehead atoms. The van der Waals surface area contributed by atoms with Gasteiger partial charge in [0.2, 0.25) is 5.95 Å². The number of anilines is 1. The third-order valence-electron chi connectivity index (χ3n) is 6.38. The number of hydrogen-bond donors (Lipinski definition) is 1. The number of nitrogens with one attached hydrogen (secondary N) is 1. The lowest BCUT2D eigenvalue weighted by Crippen LogP contribution is -2.40. The van der Waals surface area contributed by atoms with Gasteiger partial charge in [-0.25, -0.2) is 4.68 Å². The second-order valence-corrected chi connectivity index (χ2v) is 8.57. The molecule has 6 heteroatoms. The zero-order chi connectivity index (χ0) is 21.5. The van der Waals surface area contributed by atoms with Crippen molar-refractivity contribution < 1.29 is 9.53 Å². The predicted molar refractivity (Wildman–Crippen MR) is 119 cm³/mol. The fourth-order valence-electron chi connectivity index (χ4n) is 4.65. The van der Waals surface area contributed by atoms with Gasteiger partial charge in [-0.05, 0) is 34.7 Å². The van der Waals surface area contributed by atoms with Crippen LogP contribution in [-0.4, -0.2) is 27.7 Å². The number of fused-ring (bicyclic) bond motifs is 2. The maximum atomic E-state index is 13.5. The van der Waals surface area contributed by atoms with Gasteiger partial charge in [0.25, 0.3) is 0 Å². The maximum Gasteiger partial charge on any atom is 0.226 e. The molecule has 0 spiro atoms. The number of benzene rings is 2. The third-order valence-corrected chi connectivity index (χ3v) is 6.38. The summed E-state index contributed by atoms with van der Waals surface area (Å²) in [5, 5.41) is 7.78. The van der Waals surface area contributed by atoms with Crippen LogP contribution < -0.4 is 10.1 Å². The molecule has 3 aromatic rings. The van der Waals surface area contributed by atoms with Crippen molar-refractivity contribution in [1.29, 1.82) is 0 Å². The minimum atomic E-state index is -0.311. The van der Waals surface area contributed by atoms with Crippen LogP contribution in [0.3, 0.4) is 0 Å². The van der Waals surface area contributed by atoms with Crippen LogP contribution in [0.2, 0.25) is 0 Å². The van der Waals surface area contributed by atoms with E-state index in [0.717, 1.165) is 17.0 Å². The summed E-state index contributed by atoms with van der Waals surface area (Å²) in [5.74, 6) is 1.89. The number of nitrogens with zero attached hydrogens (tertiary/aromatic N) is 3. The van der Waals surface area contributed by atoms with Gasteiger partial charge in [0.15, 0.2) is 0 Å². The van der Waals surface area contributed by atoms with Crippen molar-refractivity contribution in [1.82, 2.24) is 14.8 Å². The van der Waals surface area contributed by atoms with E-state index < -0.39 is 0 Å². The van der Waals surface area contributed by atoms with Crippen LogP contribution in [0.25, 0.3) is 0 Å². The van der Waals surface area contributed by atoms with Crippen LogP contribution in [0.5, 0.6) is 5.75 Å². The highest BCUT2D eigenvalue weighted by Gasteiger charge is 2.43. The Morgan fingerprint density at radius 3 is 2.45 bits per heavy atom. The number of ether oxygens (including phenoxy) is 1. The van der Waals surface area contributed by atoms with Gasteiger partial charge < -0.3 is 10.1 Å². The summed E-state index contributed by atoms with van der Waals surface area (Å²) in [6, 6.07) is 16.2. The molecule has 0 saturated heterocycles. The van der Waals surface area contributed by atoms with Gasteiger partial charge in [-0.3, -0.25) is 4.79 Å². The fraction of sp³-hybridized carbons (Fsp3) is 0.320. The highest BCUT2D eigenvalue weighted by Crippen LogP contribution is 2.44. The van der Waals surface area contributed by atoms with Crippen LogP contribution in [0.15, 0.2) is 66.6 Å². The minimum Gasteiger partial charge on any atom is -0.497 e. The highest BCUT2D eigenvalue weighted by atomic mass is 16.5. The Bertz CT molecular complexity index is 1130. The van der Waals surface area contributed by atoms with Crippen molar-refractivity contribution in [2.45, 2.75) is 38.1 Å². The summed E-state index contributed by atoms with van der Waals surface area (Å²) in [4.78, 5) is 17.8. The molecule has 0 fully saturated rings. The van der Waals surface area contributed by atoms with E-state index >= 15 is 0 Å². The lowest BCUT2D eigenvalue weighted by molar-refractivity contribution is -0.123. The molecule has 1 aromatic heterocycles. The Morgan fingerprint density at radius 2 is 1.77 bits per heavy atom. The SMILES string of the molecule is COc1ccc([C@@H]2[C@H]3C(=O)C[C@@H](c4ccc(C(C)C)cc4)C=C3Nc3ncnn32)cc1. The smallest absolute Gasteiger partial charge is 0.226 e. The van der Waals surface area contributed by atoms with E-state index in [-0.39, 0.29) is 23.7 Å². The first kappa shape index (κ1) is 19.5. The lowest BCUT2D eigenvalue weighted by Gasteiger charge is -2.38. The first-order valence-corrected chi connectivity index (χ1v) is 10.7. The van der Waals surface area contributed by atoms with Crippen molar-refractivity contribution in [2.75, 3.05) is 12.4 Å². The average Bonchev–Trinajstić information content (AvgIpc) is 3.26. The van der Waals surface area contributed by atoms with Gasteiger partial charge in [-0.1, -0.05) is 56.3 Å². The van der Waals surface area contributed by atoms with Crippen LogP contribution in [0.1, 0.15) is 54.8 Å². The number of ketones is 1. The normalized spacial score (nSPS) is 22.4. The number of carbonyl (C=O) groups is 1. The van der Waals surface area contributed by atoms with E-state index in [9.17, 15) is 4.79 Å². The second kappa shape index (κ2) is 7.69. The van der Waals surface area contributed by atoms with Crippen molar-refractivity contribution in [2.24, 2.45) is 5.92 Å². The van der Waals surface area contributed by atoms with E-state index in [0.29, 0.717) is 18.3 Å². The zero-order valence-electron chi connectivity index (χ0n) is 17.9. The minimum absolute atomic E-state index is 0.0541. The van der Waals surface area contributed by atoms with E-state index in [4.69, 9.17) is 4.74 Å². The molecule has 2 aliphatic rings. The fourth-order valence-corrected chi connectivity index (χ4v) is 4.65. The first-order chi connectivity index (χ1) is 15.0. The second-order valence-electron chi connectivity index (χ2n) is 8.57. The quantitative estimate of drug-likeness (QED) is 0.671. The molecule has 2 aromatic carbocycles. The molecule has 0 unspecified atom stereocenters. The van der Waals surface area contributed by atoms with Gasteiger partial charge in [0, 0.05) is 18.0 Å². The Morgan fingerprint density at radius 1 is 1.06 bits per heavy atom. The number of Topliss-reactive ketones (excluding diaryl/α,β-unsaturated/α-hetero) is 1. The summed E-state index contributed by atoms with van der Waals surface area (Å²) < 4.78 is 7.12. The number of carbonyl (C=O) groups excluding carboxylic acids is 1. The summed E-state index contributed by atoms with van der Waals surface area (Å²) in [5.41, 5.74) is 4.40. The lowest BCUT2D eigenvalue weighted by atomic mass is 9.75. The predicted octanol–water partition coefficient (Wildman–Crippen LogP) is 4.68. The number of rotatable bonds is 4. The van der Waals surface area contributed by atoms with Gasteiger partial charge in [0.05, 0.1) is 19.1 Å². The number of hydrogen-bond acceptors (Lipinski definition) is 5. The van der Waals surface area contributed by atoms with Crippen LogP contribution >= 0.6 is 0 Å². The Balaban J connectivity index is 1.54. The average molecular weight is 415 g/mol. The molecule has 1 aliphatic heterocycles. The summed E-state index contributed by atoms with van der Waals surface area (Å²) in [6.45, 7) is 4.38. The summed E-state index contributed by atoms with van der Waals surface area (Å²) in [6.07, 6.45) is 4.21. The number of methoxy groups -OCH3 is 1. The standard InChI is InChI=1S/C25H26N4O2/c1-15(2)16-4-6-17(7-5-16)19-12-21-23(22(30)13-19)24(29-25(28-21)26-14-27-29)18-8-10-20(31-3)11-9-18/h4-12,14-15,19,23-24H,13H2,1-3H3,(H,26,27,28)/t19-,23+,24+/m0/s1. The van der Waals surface area contributed by atoms with Crippen molar-refractivity contribution in [3.63, 3.8) is 0 Å². The van der Waals surface area contributed by atoms with Crippen LogP contribution in [0.4, 0.5) is 5.95 Å². The molecule has 0 amide bonds. The molecule has 6 nitrogen and oxygen atoms in total. The van der Waals surface area contributed by atoms with Crippen LogP contribution in [-0.2, 0) is 4.79 Å². The molecule has 5 rings (SSSR count). The van der Waals surface area contributed by atoms with E-state index in [2.05, 4.69) is 59.6 Å². The van der Waals surface area contributed by atoms with Gasteiger partial charge in [-0.2, -0.15) is 10.1 Å². The molecular formula is C25H26N4O2. The molecule has 31 heavy (non-hydrogen) atoms. The monoisotopic (exact) mass is 414 g/mol. The molecule has 1 N–H and O–H groups in total. The van der Waals surface area contributed by atoms with E-state index in [1.807, 2.05) is 28.9 Å². The number of allylic oxidation sites excluding steroid dienone is 2. The van der Waals surface area contributed by atoms with Crippen LogP contribution in [0, 0.1) is 5.92 Å². The zero-order valence-corrected chi connectivity index (χ0v) is 17.9. The molecule has 0 radical (unpaired) electrons. The third kappa shape index (κ3) is 3.42. The summed E-state index contributed by atoms with van der Waals surface area (Å²) >= 11 is 0.